The molecule has 1 aromatic heterocycles. The van der Waals surface area contributed by atoms with Crippen molar-refractivity contribution in [2.75, 3.05) is 6.61 Å². The standard InChI is InChI=1S/C17H23NO4S/c1-10-11(2)13(4)17(14(5)12(10)3)23(20,21)18-15(9-19)16-7-6-8-22-16/h6-8,15,18-19H,9H2,1-5H3. The van der Waals surface area contributed by atoms with E-state index in [2.05, 4.69) is 4.72 Å². The Morgan fingerprint density at radius 1 is 1.04 bits per heavy atom. The molecule has 126 valence electrons. The SMILES string of the molecule is Cc1c(C)c(C)c(S(=O)(=O)NC(CO)c2ccco2)c(C)c1C. The van der Waals surface area contributed by atoms with Gasteiger partial charge in [-0.2, -0.15) is 4.72 Å². The van der Waals surface area contributed by atoms with E-state index < -0.39 is 16.1 Å². The van der Waals surface area contributed by atoms with Gasteiger partial charge in [-0.3, -0.25) is 0 Å². The van der Waals surface area contributed by atoms with Gasteiger partial charge in [-0.25, -0.2) is 8.42 Å². The van der Waals surface area contributed by atoms with Crippen LogP contribution in [0.1, 0.15) is 39.6 Å². The summed E-state index contributed by atoms with van der Waals surface area (Å²) in [6.45, 7) is 9.08. The third kappa shape index (κ3) is 3.20. The van der Waals surface area contributed by atoms with Crippen LogP contribution in [-0.2, 0) is 10.0 Å². The van der Waals surface area contributed by atoms with E-state index in [0.29, 0.717) is 5.76 Å². The van der Waals surface area contributed by atoms with Gasteiger partial charge in [0.25, 0.3) is 0 Å². The fourth-order valence-corrected chi connectivity index (χ4v) is 4.59. The fourth-order valence-electron chi connectivity index (χ4n) is 2.79. The molecule has 2 aromatic rings. The number of hydrogen-bond acceptors (Lipinski definition) is 4. The minimum atomic E-state index is -3.79. The highest BCUT2D eigenvalue weighted by Crippen LogP contribution is 2.30. The zero-order chi connectivity index (χ0) is 17.4. The summed E-state index contributed by atoms with van der Waals surface area (Å²) in [5.41, 5.74) is 4.49. The molecule has 0 spiro atoms. The van der Waals surface area contributed by atoms with E-state index in [0.717, 1.165) is 27.8 Å². The molecular weight excluding hydrogens is 314 g/mol. The Balaban J connectivity index is 2.53. The summed E-state index contributed by atoms with van der Waals surface area (Å²) < 4.78 is 33.5. The van der Waals surface area contributed by atoms with E-state index >= 15 is 0 Å². The molecule has 23 heavy (non-hydrogen) atoms. The molecule has 0 aliphatic heterocycles. The van der Waals surface area contributed by atoms with Gasteiger partial charge < -0.3 is 9.52 Å². The Hall–Kier alpha value is -1.63. The molecule has 0 aliphatic rings. The van der Waals surface area contributed by atoms with Gasteiger partial charge in [0, 0.05) is 0 Å². The second-order valence-electron chi connectivity index (χ2n) is 5.83. The summed E-state index contributed by atoms with van der Waals surface area (Å²) >= 11 is 0. The highest BCUT2D eigenvalue weighted by Gasteiger charge is 2.27. The number of furan rings is 1. The molecule has 0 fully saturated rings. The minimum absolute atomic E-state index is 0.281. The van der Waals surface area contributed by atoms with Crippen molar-refractivity contribution in [1.82, 2.24) is 4.72 Å². The van der Waals surface area contributed by atoms with Crippen molar-refractivity contribution in [3.05, 3.63) is 52.0 Å². The van der Waals surface area contributed by atoms with Crippen LogP contribution in [0.4, 0.5) is 0 Å². The summed E-state index contributed by atoms with van der Waals surface area (Å²) in [7, 11) is -3.79. The zero-order valence-corrected chi connectivity index (χ0v) is 14.9. The first-order valence-corrected chi connectivity index (χ1v) is 8.92. The molecule has 0 bridgehead atoms. The van der Waals surface area contributed by atoms with Crippen LogP contribution in [0, 0.1) is 34.6 Å². The molecule has 6 heteroatoms. The van der Waals surface area contributed by atoms with E-state index in [1.807, 2.05) is 34.6 Å². The smallest absolute Gasteiger partial charge is 0.241 e. The summed E-state index contributed by atoms with van der Waals surface area (Å²) in [5.74, 6) is 0.381. The third-order valence-corrected chi connectivity index (χ3v) is 6.31. The van der Waals surface area contributed by atoms with Gasteiger partial charge >= 0.3 is 0 Å². The lowest BCUT2D eigenvalue weighted by Crippen LogP contribution is -2.32. The summed E-state index contributed by atoms with van der Waals surface area (Å²) in [6.07, 6.45) is 1.45. The molecule has 2 rings (SSSR count). The molecule has 0 saturated heterocycles. The Labute approximate surface area is 137 Å². The van der Waals surface area contributed by atoms with Crippen LogP contribution in [0.2, 0.25) is 0 Å². The van der Waals surface area contributed by atoms with Crippen molar-refractivity contribution in [2.45, 2.75) is 45.6 Å². The molecule has 0 radical (unpaired) electrons. The minimum Gasteiger partial charge on any atom is -0.468 e. The molecular formula is C17H23NO4S. The maximum atomic E-state index is 12.9. The summed E-state index contributed by atoms with van der Waals surface area (Å²) in [4.78, 5) is 0.281. The van der Waals surface area contributed by atoms with Gasteiger partial charge in [-0.05, 0) is 74.6 Å². The molecule has 0 saturated carbocycles. The lowest BCUT2D eigenvalue weighted by Gasteiger charge is -2.21. The Morgan fingerprint density at radius 2 is 1.57 bits per heavy atom. The summed E-state index contributed by atoms with van der Waals surface area (Å²) in [6, 6.07) is 2.48. The second-order valence-corrected chi connectivity index (χ2v) is 7.48. The molecule has 0 amide bonds. The molecule has 1 atom stereocenters. The average Bonchev–Trinajstić information content (AvgIpc) is 3.02. The highest BCUT2D eigenvalue weighted by atomic mass is 32.2. The van der Waals surface area contributed by atoms with Crippen molar-refractivity contribution in [3.8, 4) is 0 Å². The number of nitrogens with one attached hydrogen (secondary N) is 1. The predicted octanol–water partition coefficient (Wildman–Crippen LogP) is 2.83. The Bertz CT molecular complexity index is 779. The van der Waals surface area contributed by atoms with Crippen molar-refractivity contribution in [3.63, 3.8) is 0 Å². The van der Waals surface area contributed by atoms with Crippen LogP contribution in [0.25, 0.3) is 0 Å². The molecule has 2 N–H and O–H groups in total. The van der Waals surface area contributed by atoms with Crippen LogP contribution >= 0.6 is 0 Å². The van der Waals surface area contributed by atoms with Gasteiger partial charge in [-0.15, -0.1) is 0 Å². The van der Waals surface area contributed by atoms with Gasteiger partial charge in [0.05, 0.1) is 17.8 Å². The van der Waals surface area contributed by atoms with Gasteiger partial charge in [0.15, 0.2) is 0 Å². The topological polar surface area (TPSA) is 79.5 Å². The Morgan fingerprint density at radius 3 is 2.00 bits per heavy atom. The first-order chi connectivity index (χ1) is 10.7. The molecule has 1 unspecified atom stereocenters. The van der Waals surface area contributed by atoms with Crippen LogP contribution < -0.4 is 4.72 Å². The van der Waals surface area contributed by atoms with Crippen LogP contribution in [0.15, 0.2) is 27.7 Å². The number of aliphatic hydroxyl groups is 1. The van der Waals surface area contributed by atoms with Gasteiger partial charge in [0.2, 0.25) is 10.0 Å². The van der Waals surface area contributed by atoms with Gasteiger partial charge in [-0.1, -0.05) is 0 Å². The quantitative estimate of drug-likeness (QED) is 0.879. The number of rotatable bonds is 5. The Kier molecular flexibility index (Phi) is 4.98. The number of hydrogen-bond donors (Lipinski definition) is 2. The number of aliphatic hydroxyl groups excluding tert-OH is 1. The molecule has 1 aromatic carbocycles. The van der Waals surface area contributed by atoms with Crippen LogP contribution in [0.3, 0.4) is 0 Å². The second kappa shape index (κ2) is 6.47. The molecule has 1 heterocycles. The normalized spacial score (nSPS) is 13.3. The van der Waals surface area contributed by atoms with E-state index in [1.54, 1.807) is 12.1 Å². The lowest BCUT2D eigenvalue weighted by molar-refractivity contribution is 0.242. The fraction of sp³-hybridized carbons (Fsp3) is 0.412. The largest absolute Gasteiger partial charge is 0.468 e. The first-order valence-electron chi connectivity index (χ1n) is 7.44. The summed E-state index contributed by atoms with van der Waals surface area (Å²) in [5, 5.41) is 9.51. The molecule has 5 nitrogen and oxygen atoms in total. The van der Waals surface area contributed by atoms with Crippen molar-refractivity contribution in [2.24, 2.45) is 0 Å². The van der Waals surface area contributed by atoms with E-state index in [-0.39, 0.29) is 11.5 Å². The zero-order valence-electron chi connectivity index (χ0n) is 14.1. The van der Waals surface area contributed by atoms with E-state index in [1.165, 1.54) is 6.26 Å². The van der Waals surface area contributed by atoms with Crippen molar-refractivity contribution >= 4 is 10.0 Å². The highest BCUT2D eigenvalue weighted by molar-refractivity contribution is 7.89. The van der Waals surface area contributed by atoms with Crippen molar-refractivity contribution < 1.29 is 17.9 Å². The monoisotopic (exact) mass is 337 g/mol. The van der Waals surface area contributed by atoms with Crippen LogP contribution in [0.5, 0.6) is 0 Å². The van der Waals surface area contributed by atoms with Crippen molar-refractivity contribution in [1.29, 1.82) is 0 Å². The third-order valence-electron chi connectivity index (χ3n) is 4.57. The predicted molar refractivity (Wildman–Crippen MR) is 89.0 cm³/mol. The van der Waals surface area contributed by atoms with Crippen LogP contribution in [-0.4, -0.2) is 20.1 Å². The molecule has 0 aliphatic carbocycles. The van der Waals surface area contributed by atoms with E-state index in [4.69, 9.17) is 4.42 Å². The number of sulfonamides is 1. The number of benzene rings is 1. The first kappa shape index (κ1) is 17.7. The maximum Gasteiger partial charge on any atom is 0.241 e. The lowest BCUT2D eigenvalue weighted by atomic mass is 9.95. The average molecular weight is 337 g/mol. The maximum absolute atomic E-state index is 12.9. The van der Waals surface area contributed by atoms with Gasteiger partial charge in [0.1, 0.15) is 11.8 Å². The van der Waals surface area contributed by atoms with E-state index in [9.17, 15) is 13.5 Å².